The second-order valence-electron chi connectivity index (χ2n) is 5.27. The molecule has 0 radical (unpaired) electrons. The highest BCUT2D eigenvalue weighted by Gasteiger charge is 2.44. The Balaban J connectivity index is 1.94. The molecule has 0 bridgehead atoms. The molecular weight excluding hydrogens is 303 g/mol. The fourth-order valence-corrected chi connectivity index (χ4v) is 2.53. The minimum Gasteiger partial charge on any atom is -0.446 e. The third kappa shape index (κ3) is 3.59. The van der Waals surface area contributed by atoms with Gasteiger partial charge in [0.1, 0.15) is 6.04 Å². The number of halogens is 3. The van der Waals surface area contributed by atoms with Crippen LogP contribution in [0.5, 0.6) is 0 Å². The first-order valence-electron chi connectivity index (χ1n) is 6.66. The molecule has 1 aliphatic heterocycles. The topological polar surface area (TPSA) is 88.6 Å². The number of rotatable bonds is 3. The van der Waals surface area contributed by atoms with E-state index >= 15 is 0 Å². The summed E-state index contributed by atoms with van der Waals surface area (Å²) in [4.78, 5) is 24.0. The number of alkyl halides is 3. The second kappa shape index (κ2) is 5.99. The Morgan fingerprint density at radius 1 is 1.32 bits per heavy atom. The molecule has 0 aromatic carbocycles. The zero-order valence-electron chi connectivity index (χ0n) is 11.8. The Hall–Kier alpha value is -2.03. The molecule has 1 aliphatic rings. The van der Waals surface area contributed by atoms with E-state index in [9.17, 15) is 22.8 Å². The number of nitrogens with two attached hydrogens (primary N) is 1. The molecule has 6 nitrogen and oxygen atoms in total. The first kappa shape index (κ1) is 16.3. The number of carbonyl (C=O) groups excluding carboxylic acids is 2. The van der Waals surface area contributed by atoms with Gasteiger partial charge >= 0.3 is 6.18 Å². The van der Waals surface area contributed by atoms with E-state index in [1.54, 1.807) is 0 Å². The number of hydrogen-bond acceptors (Lipinski definition) is 4. The second-order valence-corrected chi connectivity index (χ2v) is 5.27. The van der Waals surface area contributed by atoms with Crippen molar-refractivity contribution in [2.45, 2.75) is 31.1 Å². The van der Waals surface area contributed by atoms with Crippen molar-refractivity contribution in [3.8, 4) is 0 Å². The summed E-state index contributed by atoms with van der Waals surface area (Å²) in [6, 6.07) is 0.647. The molecule has 2 heterocycles. The van der Waals surface area contributed by atoms with E-state index < -0.39 is 30.1 Å². The number of furan rings is 1. The van der Waals surface area contributed by atoms with E-state index in [1.807, 2.05) is 0 Å². The highest BCUT2D eigenvalue weighted by molar-refractivity contribution is 5.95. The average molecular weight is 319 g/mol. The number of carbonyl (C=O) groups is 2. The number of amides is 2. The molecule has 0 aliphatic carbocycles. The van der Waals surface area contributed by atoms with Crippen LogP contribution in [0.25, 0.3) is 0 Å². The maximum atomic E-state index is 12.7. The highest BCUT2D eigenvalue weighted by Crippen LogP contribution is 2.30. The van der Waals surface area contributed by atoms with Gasteiger partial charge in [-0.25, -0.2) is 0 Å². The molecule has 9 heteroatoms. The zero-order chi connectivity index (χ0) is 16.5. The van der Waals surface area contributed by atoms with E-state index in [2.05, 4.69) is 5.32 Å². The number of likely N-dealkylation sites (N-methyl/N-ethyl adjacent to an activating group) is 1. The summed E-state index contributed by atoms with van der Waals surface area (Å²) >= 11 is 0. The van der Waals surface area contributed by atoms with Crippen molar-refractivity contribution in [1.29, 1.82) is 0 Å². The van der Waals surface area contributed by atoms with E-state index in [-0.39, 0.29) is 30.9 Å². The van der Waals surface area contributed by atoms with Crippen LogP contribution in [0.3, 0.4) is 0 Å². The average Bonchev–Trinajstić information content (AvgIpc) is 2.86. The summed E-state index contributed by atoms with van der Waals surface area (Å²) in [5.74, 6) is -1.64. The first-order valence-corrected chi connectivity index (χ1v) is 6.66. The van der Waals surface area contributed by atoms with Gasteiger partial charge in [-0.05, 0) is 32.0 Å². The highest BCUT2D eigenvalue weighted by atomic mass is 19.4. The Morgan fingerprint density at radius 3 is 2.45 bits per heavy atom. The molecule has 1 saturated heterocycles. The zero-order valence-corrected chi connectivity index (χ0v) is 11.8. The number of hydrogen-bond donors (Lipinski definition) is 2. The lowest BCUT2D eigenvalue weighted by atomic mass is 9.98. The summed E-state index contributed by atoms with van der Waals surface area (Å²) in [7, 11) is 1.37. The molecule has 22 heavy (non-hydrogen) atoms. The lowest BCUT2D eigenvalue weighted by molar-refractivity contribution is -0.188. The quantitative estimate of drug-likeness (QED) is 0.874. The smallest absolute Gasteiger partial charge is 0.404 e. The van der Waals surface area contributed by atoms with Gasteiger partial charge in [-0.3, -0.25) is 14.5 Å². The van der Waals surface area contributed by atoms with E-state index in [1.165, 1.54) is 24.1 Å². The molecule has 3 N–H and O–H groups in total. The normalized spacial score (nSPS) is 23.3. The maximum Gasteiger partial charge on any atom is 0.404 e. The van der Waals surface area contributed by atoms with Crippen LogP contribution in [0.1, 0.15) is 34.0 Å². The number of likely N-dealkylation sites (tertiary alicyclic amines) is 1. The maximum absolute atomic E-state index is 12.7. The van der Waals surface area contributed by atoms with Crippen LogP contribution < -0.4 is 11.1 Å². The molecule has 1 aromatic rings. The van der Waals surface area contributed by atoms with E-state index in [4.69, 9.17) is 10.2 Å². The monoisotopic (exact) mass is 319 g/mol. The minimum absolute atomic E-state index is 0.0826. The lowest BCUT2D eigenvalue weighted by Gasteiger charge is -2.38. The fourth-order valence-electron chi connectivity index (χ4n) is 2.53. The fraction of sp³-hybridized carbons (Fsp3) is 0.538. The van der Waals surface area contributed by atoms with Crippen LogP contribution in [0.4, 0.5) is 13.2 Å². The van der Waals surface area contributed by atoms with Crippen LogP contribution in [0.2, 0.25) is 0 Å². The molecule has 1 aromatic heterocycles. The van der Waals surface area contributed by atoms with Crippen molar-refractivity contribution in [3.05, 3.63) is 23.7 Å². The minimum atomic E-state index is -4.28. The van der Waals surface area contributed by atoms with Crippen LogP contribution >= 0.6 is 0 Å². The molecule has 2 atom stereocenters. The van der Waals surface area contributed by atoms with Gasteiger partial charge in [0.15, 0.2) is 11.5 Å². The Bertz CT molecular complexity index is 570. The van der Waals surface area contributed by atoms with Crippen LogP contribution in [0.15, 0.2) is 16.5 Å². The van der Waals surface area contributed by atoms with Crippen molar-refractivity contribution in [1.82, 2.24) is 10.2 Å². The third-order valence-electron chi connectivity index (χ3n) is 3.61. The summed E-state index contributed by atoms with van der Waals surface area (Å²) in [5.41, 5.74) is 5.01. The summed E-state index contributed by atoms with van der Waals surface area (Å²) in [6.45, 7) is 0.0826. The summed E-state index contributed by atoms with van der Waals surface area (Å²) < 4.78 is 43.2. The Labute approximate surface area is 124 Å². The molecule has 0 unspecified atom stereocenters. The molecule has 2 amide bonds. The standard InChI is InChI=1S/C13H16F3N3O3/c1-19-6-7(2-5-10(19)13(14,15)16)18-12(21)9-4-3-8(22-9)11(17)20/h3-4,7,10H,2,5-6H2,1H3,(H2,17,20)(H,18,21)/t7-,10-/m0/s1. The van der Waals surface area contributed by atoms with Gasteiger partial charge in [0.2, 0.25) is 0 Å². The number of piperidine rings is 1. The molecule has 122 valence electrons. The SMILES string of the molecule is CN1C[C@@H](NC(=O)c2ccc(C(N)=O)o2)CC[C@H]1C(F)(F)F. The van der Waals surface area contributed by atoms with Gasteiger partial charge in [0.05, 0.1) is 0 Å². The predicted molar refractivity (Wildman–Crippen MR) is 70.2 cm³/mol. The predicted octanol–water partition coefficient (Wildman–Crippen LogP) is 1.13. The van der Waals surface area contributed by atoms with Gasteiger partial charge in [-0.2, -0.15) is 13.2 Å². The molecule has 0 saturated carbocycles. The molecular formula is C13H16F3N3O3. The number of nitrogens with zero attached hydrogens (tertiary/aromatic N) is 1. The number of primary amides is 1. The van der Waals surface area contributed by atoms with Gasteiger partial charge in [-0.15, -0.1) is 0 Å². The van der Waals surface area contributed by atoms with Crippen LogP contribution in [-0.2, 0) is 0 Å². The van der Waals surface area contributed by atoms with Gasteiger partial charge in [0.25, 0.3) is 11.8 Å². The molecule has 1 fully saturated rings. The van der Waals surface area contributed by atoms with Gasteiger partial charge in [0, 0.05) is 12.6 Å². The van der Waals surface area contributed by atoms with Gasteiger partial charge < -0.3 is 15.5 Å². The summed E-state index contributed by atoms with van der Waals surface area (Å²) in [6.07, 6.45) is -4.15. The van der Waals surface area contributed by atoms with Crippen molar-refractivity contribution >= 4 is 11.8 Å². The molecule has 2 rings (SSSR count). The van der Waals surface area contributed by atoms with Crippen molar-refractivity contribution in [2.75, 3.05) is 13.6 Å². The van der Waals surface area contributed by atoms with Crippen molar-refractivity contribution < 1.29 is 27.2 Å². The van der Waals surface area contributed by atoms with Crippen LogP contribution in [0, 0.1) is 0 Å². The Kier molecular flexibility index (Phi) is 4.45. The van der Waals surface area contributed by atoms with Gasteiger partial charge in [-0.1, -0.05) is 0 Å². The molecule has 0 spiro atoms. The van der Waals surface area contributed by atoms with E-state index in [0.717, 1.165) is 0 Å². The lowest BCUT2D eigenvalue weighted by Crippen LogP contribution is -2.54. The van der Waals surface area contributed by atoms with E-state index in [0.29, 0.717) is 0 Å². The largest absolute Gasteiger partial charge is 0.446 e. The van der Waals surface area contributed by atoms with Crippen molar-refractivity contribution in [3.63, 3.8) is 0 Å². The first-order chi connectivity index (χ1) is 10.2. The number of nitrogens with one attached hydrogen (secondary N) is 1. The van der Waals surface area contributed by atoms with Crippen LogP contribution in [-0.4, -0.2) is 48.6 Å². The summed E-state index contributed by atoms with van der Waals surface area (Å²) in [5, 5.41) is 2.60. The Morgan fingerprint density at radius 2 is 1.95 bits per heavy atom. The van der Waals surface area contributed by atoms with Crippen molar-refractivity contribution in [2.24, 2.45) is 5.73 Å². The third-order valence-corrected chi connectivity index (χ3v) is 3.61.